The first-order chi connectivity index (χ1) is 9.15. The number of nitrogens with zero attached hydrogens (tertiary/aromatic N) is 1. The molecule has 1 saturated heterocycles. The Balaban J connectivity index is 1.74. The summed E-state index contributed by atoms with van der Waals surface area (Å²) >= 11 is 0. The van der Waals surface area contributed by atoms with Crippen LogP contribution >= 0.6 is 0 Å². The molecule has 0 bridgehead atoms. The van der Waals surface area contributed by atoms with Crippen LogP contribution in [0, 0.1) is 11.7 Å². The molecule has 1 fully saturated rings. The fourth-order valence-corrected chi connectivity index (χ4v) is 2.23. The molecule has 2 N–H and O–H groups in total. The highest BCUT2D eigenvalue weighted by Crippen LogP contribution is 2.15. The van der Waals surface area contributed by atoms with E-state index in [1.807, 2.05) is 0 Å². The van der Waals surface area contributed by atoms with E-state index in [0.717, 1.165) is 25.9 Å². The van der Waals surface area contributed by atoms with Crippen LogP contribution < -0.4 is 10.6 Å². The van der Waals surface area contributed by atoms with E-state index >= 15 is 0 Å². The van der Waals surface area contributed by atoms with E-state index in [0.29, 0.717) is 12.5 Å². The van der Waals surface area contributed by atoms with Crippen LogP contribution in [-0.2, 0) is 0 Å². The minimum Gasteiger partial charge on any atom is -0.338 e. The van der Waals surface area contributed by atoms with Gasteiger partial charge in [-0.05, 0) is 51.0 Å². The molecule has 4 nitrogen and oxygen atoms in total. The average Bonchev–Trinajstić information content (AvgIpc) is 2.41. The predicted octanol–water partition coefficient (Wildman–Crippen LogP) is 2.29. The number of hydrogen-bond donors (Lipinski definition) is 2. The van der Waals surface area contributed by atoms with Crippen LogP contribution in [0.25, 0.3) is 0 Å². The van der Waals surface area contributed by atoms with Crippen molar-refractivity contribution in [2.45, 2.75) is 12.8 Å². The van der Waals surface area contributed by atoms with Gasteiger partial charge in [-0.15, -0.1) is 0 Å². The number of carbonyl (C=O) groups excluding carboxylic acids is 1. The van der Waals surface area contributed by atoms with Crippen LogP contribution in [0.3, 0.4) is 0 Å². The number of hydrogen-bond acceptors (Lipinski definition) is 2. The maximum Gasteiger partial charge on any atom is 0.319 e. The first kappa shape index (κ1) is 13.8. The zero-order valence-electron chi connectivity index (χ0n) is 11.2. The molecule has 1 aromatic rings. The van der Waals surface area contributed by atoms with E-state index in [1.54, 1.807) is 18.2 Å². The molecule has 0 unspecified atom stereocenters. The maximum absolute atomic E-state index is 13.3. The van der Waals surface area contributed by atoms with Gasteiger partial charge in [-0.1, -0.05) is 12.1 Å². The number of likely N-dealkylation sites (tertiary alicyclic amines) is 1. The lowest BCUT2D eigenvalue weighted by Gasteiger charge is -2.28. The topological polar surface area (TPSA) is 44.4 Å². The number of carbonyl (C=O) groups is 1. The number of urea groups is 1. The van der Waals surface area contributed by atoms with Crippen molar-refractivity contribution >= 4 is 11.7 Å². The Kier molecular flexibility index (Phi) is 4.74. The molecular weight excluding hydrogens is 245 g/mol. The molecule has 2 rings (SSSR count). The van der Waals surface area contributed by atoms with Gasteiger partial charge in [0.25, 0.3) is 0 Å². The molecule has 0 spiro atoms. The second-order valence-corrected chi connectivity index (χ2v) is 5.06. The highest BCUT2D eigenvalue weighted by atomic mass is 19.1. The normalized spacial score (nSPS) is 17.2. The minimum absolute atomic E-state index is 0.211. The van der Waals surface area contributed by atoms with Crippen molar-refractivity contribution in [2.24, 2.45) is 5.92 Å². The summed E-state index contributed by atoms with van der Waals surface area (Å²) in [5.74, 6) is 0.0968. The summed E-state index contributed by atoms with van der Waals surface area (Å²) in [5.41, 5.74) is 0.211. The molecule has 104 valence electrons. The van der Waals surface area contributed by atoms with Gasteiger partial charge >= 0.3 is 6.03 Å². The van der Waals surface area contributed by atoms with E-state index < -0.39 is 5.82 Å². The van der Waals surface area contributed by atoms with Gasteiger partial charge in [-0.25, -0.2) is 9.18 Å². The lowest BCUT2D eigenvalue weighted by Crippen LogP contribution is -2.38. The molecule has 5 heteroatoms. The number of piperidine rings is 1. The lowest BCUT2D eigenvalue weighted by molar-refractivity contribution is 0.213. The highest BCUT2D eigenvalue weighted by Gasteiger charge is 2.17. The number of nitrogens with one attached hydrogen (secondary N) is 2. The lowest BCUT2D eigenvalue weighted by atomic mass is 9.97. The third-order valence-electron chi connectivity index (χ3n) is 3.51. The molecule has 1 aliphatic heterocycles. The molecule has 0 saturated carbocycles. The number of anilines is 1. The summed E-state index contributed by atoms with van der Waals surface area (Å²) in [4.78, 5) is 14.0. The van der Waals surface area contributed by atoms with Gasteiger partial charge in [0.2, 0.25) is 0 Å². The van der Waals surface area contributed by atoms with E-state index in [-0.39, 0.29) is 11.7 Å². The number of para-hydroxylation sites is 1. The molecule has 1 aromatic carbocycles. The Morgan fingerprint density at radius 3 is 2.74 bits per heavy atom. The van der Waals surface area contributed by atoms with Gasteiger partial charge < -0.3 is 15.5 Å². The molecular formula is C14H20FN3O. The molecule has 1 aliphatic rings. The van der Waals surface area contributed by atoms with E-state index in [4.69, 9.17) is 0 Å². The molecule has 19 heavy (non-hydrogen) atoms. The Labute approximate surface area is 113 Å². The van der Waals surface area contributed by atoms with Crippen molar-refractivity contribution in [1.82, 2.24) is 10.2 Å². The van der Waals surface area contributed by atoms with Crippen LogP contribution in [0.2, 0.25) is 0 Å². The first-order valence-electron chi connectivity index (χ1n) is 6.63. The summed E-state index contributed by atoms with van der Waals surface area (Å²) < 4.78 is 13.3. The Hall–Kier alpha value is -1.62. The summed E-state index contributed by atoms with van der Waals surface area (Å²) in [5, 5.41) is 5.33. The van der Waals surface area contributed by atoms with Gasteiger partial charge in [0.1, 0.15) is 5.82 Å². The van der Waals surface area contributed by atoms with Crippen molar-refractivity contribution in [3.63, 3.8) is 0 Å². The average molecular weight is 265 g/mol. The number of rotatable bonds is 3. The number of halogens is 1. The summed E-state index contributed by atoms with van der Waals surface area (Å²) in [7, 11) is 2.11. The maximum atomic E-state index is 13.3. The molecule has 0 radical (unpaired) electrons. The van der Waals surface area contributed by atoms with Crippen LogP contribution in [-0.4, -0.2) is 37.6 Å². The van der Waals surface area contributed by atoms with Crippen molar-refractivity contribution in [3.05, 3.63) is 30.1 Å². The van der Waals surface area contributed by atoms with Crippen molar-refractivity contribution in [2.75, 3.05) is 32.0 Å². The predicted molar refractivity (Wildman–Crippen MR) is 73.6 cm³/mol. The van der Waals surface area contributed by atoms with Gasteiger partial charge in [0, 0.05) is 6.54 Å². The molecule has 0 atom stereocenters. The third kappa shape index (κ3) is 4.21. The molecule has 0 aliphatic carbocycles. The Morgan fingerprint density at radius 2 is 2.05 bits per heavy atom. The zero-order chi connectivity index (χ0) is 13.7. The molecule has 2 amide bonds. The summed E-state index contributed by atoms with van der Waals surface area (Å²) in [6, 6.07) is 5.81. The van der Waals surface area contributed by atoms with Crippen molar-refractivity contribution < 1.29 is 9.18 Å². The quantitative estimate of drug-likeness (QED) is 0.880. The number of amides is 2. The van der Waals surface area contributed by atoms with E-state index in [9.17, 15) is 9.18 Å². The largest absolute Gasteiger partial charge is 0.338 e. The third-order valence-corrected chi connectivity index (χ3v) is 3.51. The highest BCUT2D eigenvalue weighted by molar-refractivity contribution is 5.89. The van der Waals surface area contributed by atoms with Crippen LogP contribution in [0.4, 0.5) is 14.9 Å². The second kappa shape index (κ2) is 6.52. The van der Waals surface area contributed by atoms with Crippen LogP contribution in [0.5, 0.6) is 0 Å². The summed E-state index contributed by atoms with van der Waals surface area (Å²) in [6.07, 6.45) is 2.19. The smallest absolute Gasteiger partial charge is 0.319 e. The fourth-order valence-electron chi connectivity index (χ4n) is 2.23. The Morgan fingerprint density at radius 1 is 1.37 bits per heavy atom. The minimum atomic E-state index is -0.419. The molecule has 1 heterocycles. The monoisotopic (exact) mass is 265 g/mol. The van der Waals surface area contributed by atoms with Crippen molar-refractivity contribution in [3.8, 4) is 0 Å². The molecule has 0 aromatic heterocycles. The van der Waals surface area contributed by atoms with Gasteiger partial charge in [-0.3, -0.25) is 0 Å². The number of benzene rings is 1. The standard InChI is InChI=1S/C14H20FN3O/c1-18-8-6-11(7-9-18)10-16-14(19)17-13-5-3-2-4-12(13)15/h2-5,11H,6-10H2,1H3,(H2,16,17,19). The fraction of sp³-hybridized carbons (Fsp3) is 0.500. The zero-order valence-corrected chi connectivity index (χ0v) is 11.2. The van der Waals surface area contributed by atoms with Crippen LogP contribution in [0.1, 0.15) is 12.8 Å². The first-order valence-corrected chi connectivity index (χ1v) is 6.63. The summed E-state index contributed by atoms with van der Waals surface area (Å²) in [6.45, 7) is 2.79. The SMILES string of the molecule is CN1CCC(CNC(=O)Nc2ccccc2F)CC1. The van der Waals surface area contributed by atoms with E-state index in [1.165, 1.54) is 6.07 Å². The van der Waals surface area contributed by atoms with Gasteiger partial charge in [0.15, 0.2) is 0 Å². The second-order valence-electron chi connectivity index (χ2n) is 5.06. The van der Waals surface area contributed by atoms with E-state index in [2.05, 4.69) is 22.6 Å². The van der Waals surface area contributed by atoms with Gasteiger partial charge in [-0.2, -0.15) is 0 Å². The Bertz CT molecular complexity index is 430. The van der Waals surface area contributed by atoms with Crippen molar-refractivity contribution in [1.29, 1.82) is 0 Å². The van der Waals surface area contributed by atoms with Crippen LogP contribution in [0.15, 0.2) is 24.3 Å². The van der Waals surface area contributed by atoms with Gasteiger partial charge in [0.05, 0.1) is 5.69 Å².